The molecule has 0 saturated heterocycles. The third-order valence-corrected chi connectivity index (χ3v) is 11.1. The molecule has 0 N–H and O–H groups in total. The summed E-state index contributed by atoms with van der Waals surface area (Å²) in [6.07, 6.45) is 0. The van der Waals surface area contributed by atoms with Gasteiger partial charge in [-0.1, -0.05) is 133 Å². The van der Waals surface area contributed by atoms with E-state index in [2.05, 4.69) is 155 Å². The minimum atomic E-state index is 0.621. The van der Waals surface area contributed by atoms with Crippen LogP contribution in [-0.2, 0) is 0 Å². The molecule has 0 atom stereocenters. The maximum Gasteiger partial charge on any atom is 0.160 e. The Morgan fingerprint density at radius 3 is 1.45 bits per heavy atom. The number of hydrogen-bond acceptors (Lipinski definition) is 3. The highest BCUT2D eigenvalue weighted by Crippen LogP contribution is 2.39. The summed E-state index contributed by atoms with van der Waals surface area (Å²) in [6.45, 7) is 0. The molecule has 0 spiro atoms. The van der Waals surface area contributed by atoms with Gasteiger partial charge < -0.3 is 9.13 Å². The lowest BCUT2D eigenvalue weighted by molar-refractivity contribution is 1.15. The number of nitrogens with zero attached hydrogens (tertiary/aromatic N) is 5. The summed E-state index contributed by atoms with van der Waals surface area (Å²) in [4.78, 5) is 10.3. The average molecular weight is 740 g/mol. The van der Waals surface area contributed by atoms with E-state index in [1.807, 2.05) is 60.7 Å². The average Bonchev–Trinajstić information content (AvgIpc) is 3.82. The Morgan fingerprint density at radius 2 is 0.845 bits per heavy atom. The number of benzene rings is 8. The number of hydrogen-bond donors (Lipinski definition) is 0. The first kappa shape index (κ1) is 33.3. The van der Waals surface area contributed by atoms with E-state index in [1.165, 1.54) is 32.6 Å². The Morgan fingerprint density at radius 1 is 0.345 bits per heavy atom. The van der Waals surface area contributed by atoms with Crippen molar-refractivity contribution in [3.63, 3.8) is 0 Å². The monoisotopic (exact) mass is 739 g/mol. The van der Waals surface area contributed by atoms with E-state index in [9.17, 15) is 5.26 Å². The zero-order valence-electron chi connectivity index (χ0n) is 31.3. The van der Waals surface area contributed by atoms with Crippen molar-refractivity contribution in [2.24, 2.45) is 0 Å². The van der Waals surface area contributed by atoms with Gasteiger partial charge in [0.2, 0.25) is 0 Å². The molecule has 0 radical (unpaired) electrons. The van der Waals surface area contributed by atoms with Crippen LogP contribution < -0.4 is 0 Å². The Hall–Kier alpha value is -8.07. The predicted octanol–water partition coefficient (Wildman–Crippen LogP) is 13.2. The molecule has 0 bridgehead atoms. The molecule has 11 rings (SSSR count). The minimum Gasteiger partial charge on any atom is -0.309 e. The van der Waals surface area contributed by atoms with E-state index in [1.54, 1.807) is 0 Å². The molecule has 0 amide bonds. The zero-order valence-corrected chi connectivity index (χ0v) is 31.3. The molecule has 58 heavy (non-hydrogen) atoms. The number of rotatable bonds is 6. The highest BCUT2D eigenvalue weighted by molar-refractivity contribution is 6.12. The third-order valence-electron chi connectivity index (χ3n) is 11.1. The predicted molar refractivity (Wildman–Crippen MR) is 237 cm³/mol. The van der Waals surface area contributed by atoms with Crippen LogP contribution in [0.5, 0.6) is 0 Å². The molecule has 270 valence electrons. The molecule has 0 fully saturated rings. The second kappa shape index (κ2) is 13.6. The van der Waals surface area contributed by atoms with E-state index in [0.29, 0.717) is 11.4 Å². The van der Waals surface area contributed by atoms with Crippen molar-refractivity contribution < 1.29 is 0 Å². The van der Waals surface area contributed by atoms with Crippen LogP contribution >= 0.6 is 0 Å². The van der Waals surface area contributed by atoms with Gasteiger partial charge in [-0.25, -0.2) is 9.97 Å². The maximum absolute atomic E-state index is 9.64. The lowest BCUT2D eigenvalue weighted by atomic mass is 9.98. The minimum absolute atomic E-state index is 0.621. The van der Waals surface area contributed by atoms with Crippen LogP contribution in [-0.4, -0.2) is 19.1 Å². The quantitative estimate of drug-likeness (QED) is 0.171. The van der Waals surface area contributed by atoms with Crippen LogP contribution in [0.2, 0.25) is 0 Å². The molecule has 11 aromatic rings. The molecule has 0 aliphatic carbocycles. The molecule has 3 heterocycles. The topological polar surface area (TPSA) is 59.4 Å². The number of nitriles is 1. The number of aromatic nitrogens is 4. The van der Waals surface area contributed by atoms with E-state index >= 15 is 0 Å². The van der Waals surface area contributed by atoms with Crippen molar-refractivity contribution in [2.75, 3.05) is 0 Å². The van der Waals surface area contributed by atoms with Crippen LogP contribution in [0.4, 0.5) is 0 Å². The van der Waals surface area contributed by atoms with E-state index in [-0.39, 0.29) is 0 Å². The summed E-state index contributed by atoms with van der Waals surface area (Å²) in [6, 6.07) is 72.1. The molecule has 0 aliphatic heterocycles. The van der Waals surface area contributed by atoms with Gasteiger partial charge in [0.15, 0.2) is 5.82 Å². The molecular weight excluding hydrogens is 707 g/mol. The lowest BCUT2D eigenvalue weighted by Gasteiger charge is -2.15. The van der Waals surface area contributed by atoms with Gasteiger partial charge in [0.05, 0.1) is 45.1 Å². The smallest absolute Gasteiger partial charge is 0.160 e. The van der Waals surface area contributed by atoms with Gasteiger partial charge in [-0.05, 0) is 77.9 Å². The maximum atomic E-state index is 9.64. The van der Waals surface area contributed by atoms with Crippen LogP contribution in [0.15, 0.2) is 200 Å². The van der Waals surface area contributed by atoms with Crippen molar-refractivity contribution in [2.45, 2.75) is 0 Å². The van der Waals surface area contributed by atoms with Crippen LogP contribution in [0.3, 0.4) is 0 Å². The second-order valence-corrected chi connectivity index (χ2v) is 14.6. The van der Waals surface area contributed by atoms with E-state index in [4.69, 9.17) is 9.97 Å². The summed E-state index contributed by atoms with van der Waals surface area (Å²) in [5.74, 6) is 0.662. The molecule has 8 aromatic carbocycles. The van der Waals surface area contributed by atoms with Gasteiger partial charge >= 0.3 is 0 Å². The van der Waals surface area contributed by atoms with Gasteiger partial charge in [-0.2, -0.15) is 5.26 Å². The fourth-order valence-electron chi connectivity index (χ4n) is 8.44. The van der Waals surface area contributed by atoms with Gasteiger partial charge in [0.1, 0.15) is 0 Å². The van der Waals surface area contributed by atoms with E-state index < -0.39 is 0 Å². The van der Waals surface area contributed by atoms with Gasteiger partial charge in [-0.15, -0.1) is 0 Å². The third kappa shape index (κ3) is 5.55. The standard InChI is InChI=1S/C53H33N5/c54-34-35-23-25-36(26-24-35)39-29-40(48-33-47(37-13-3-1-4-14-37)55-53(56-48)38-15-5-2-6-16-38)31-42(30-39)58-51-22-12-9-19-45(51)46-28-27-41(32-52(46)58)57-49-20-10-7-17-43(49)44-18-8-11-21-50(44)57/h1-33H. The number of para-hydroxylation sites is 3. The SMILES string of the molecule is N#Cc1ccc(-c2cc(-c3cc(-c4ccccc4)nc(-c4ccccc4)n3)cc(-n3c4ccccc4c4ccc(-n5c6ccccc6c6ccccc65)cc43)c2)cc1. The Labute approximate surface area is 335 Å². The van der Waals surface area contributed by atoms with Gasteiger partial charge in [-0.3, -0.25) is 0 Å². The normalized spacial score (nSPS) is 11.4. The summed E-state index contributed by atoms with van der Waals surface area (Å²) >= 11 is 0. The van der Waals surface area contributed by atoms with Gasteiger partial charge in [0, 0.05) is 49.6 Å². The number of fused-ring (bicyclic) bond motifs is 6. The molecule has 0 aliphatic rings. The highest BCUT2D eigenvalue weighted by Gasteiger charge is 2.19. The van der Waals surface area contributed by atoms with Crippen LogP contribution in [0.1, 0.15) is 5.56 Å². The Bertz CT molecular complexity index is 3280. The Balaban J connectivity index is 1.19. The van der Waals surface area contributed by atoms with Crippen LogP contribution in [0.25, 0.3) is 100 Å². The van der Waals surface area contributed by atoms with Crippen molar-refractivity contribution >= 4 is 43.6 Å². The first-order valence-corrected chi connectivity index (χ1v) is 19.4. The van der Waals surface area contributed by atoms with Gasteiger partial charge in [0.25, 0.3) is 0 Å². The van der Waals surface area contributed by atoms with Crippen molar-refractivity contribution in [3.8, 4) is 62.5 Å². The van der Waals surface area contributed by atoms with E-state index in [0.717, 1.165) is 61.6 Å². The largest absolute Gasteiger partial charge is 0.309 e. The fourth-order valence-corrected chi connectivity index (χ4v) is 8.44. The second-order valence-electron chi connectivity index (χ2n) is 14.6. The summed E-state index contributed by atoms with van der Waals surface area (Å²) in [7, 11) is 0. The molecular formula is C53H33N5. The first-order chi connectivity index (χ1) is 28.7. The van der Waals surface area contributed by atoms with Crippen LogP contribution in [0, 0.1) is 11.3 Å². The summed E-state index contributed by atoms with van der Waals surface area (Å²) in [5, 5.41) is 14.4. The van der Waals surface area contributed by atoms with Crippen molar-refractivity contribution in [3.05, 3.63) is 206 Å². The Kier molecular flexibility index (Phi) is 7.80. The molecule has 5 heteroatoms. The highest BCUT2D eigenvalue weighted by atomic mass is 15.0. The fraction of sp³-hybridized carbons (Fsp3) is 0. The lowest BCUT2D eigenvalue weighted by Crippen LogP contribution is -1.99. The first-order valence-electron chi connectivity index (χ1n) is 19.4. The molecule has 0 saturated carbocycles. The summed E-state index contributed by atoms with van der Waals surface area (Å²) in [5.41, 5.74) is 13.9. The molecule has 5 nitrogen and oxygen atoms in total. The van der Waals surface area contributed by atoms with Crippen molar-refractivity contribution in [1.29, 1.82) is 5.26 Å². The zero-order chi connectivity index (χ0) is 38.6. The molecule has 0 unspecified atom stereocenters. The molecule has 3 aromatic heterocycles. The van der Waals surface area contributed by atoms with Crippen molar-refractivity contribution in [1.82, 2.24) is 19.1 Å². The summed E-state index contributed by atoms with van der Waals surface area (Å²) < 4.78 is 4.76.